The van der Waals surface area contributed by atoms with Gasteiger partial charge in [0.2, 0.25) is 5.91 Å². The summed E-state index contributed by atoms with van der Waals surface area (Å²) in [7, 11) is 0. The minimum absolute atomic E-state index is 0.206. The first-order valence-electron chi connectivity index (χ1n) is 5.81. The minimum Gasteiger partial charge on any atom is -0.396 e. The normalized spacial score (nSPS) is 11.0. The van der Waals surface area contributed by atoms with Gasteiger partial charge in [-0.15, -0.1) is 0 Å². The van der Waals surface area contributed by atoms with Crippen molar-refractivity contribution in [2.24, 2.45) is 5.73 Å². The second kappa shape index (κ2) is 11.2. The molecule has 0 aromatic heterocycles. The van der Waals surface area contributed by atoms with Crippen LogP contribution in [0.15, 0.2) is 12.2 Å². The molecule has 0 saturated heterocycles. The van der Waals surface area contributed by atoms with E-state index in [0.717, 1.165) is 44.9 Å². The van der Waals surface area contributed by atoms with E-state index in [4.69, 9.17) is 10.8 Å². The van der Waals surface area contributed by atoms with E-state index in [2.05, 4.69) is 12.2 Å². The van der Waals surface area contributed by atoms with E-state index in [1.165, 1.54) is 0 Å². The van der Waals surface area contributed by atoms with Crippen molar-refractivity contribution in [3.63, 3.8) is 0 Å². The zero-order chi connectivity index (χ0) is 11.4. The van der Waals surface area contributed by atoms with Crippen molar-refractivity contribution < 1.29 is 9.90 Å². The van der Waals surface area contributed by atoms with Crippen molar-refractivity contribution in [2.75, 3.05) is 6.61 Å². The van der Waals surface area contributed by atoms with Crippen molar-refractivity contribution in [2.45, 2.75) is 51.4 Å². The van der Waals surface area contributed by atoms with Gasteiger partial charge in [-0.25, -0.2) is 0 Å². The van der Waals surface area contributed by atoms with E-state index in [9.17, 15) is 4.79 Å². The average Bonchev–Trinajstić information content (AvgIpc) is 2.20. The van der Waals surface area contributed by atoms with Crippen molar-refractivity contribution in [3.8, 4) is 0 Å². The molecule has 0 bridgehead atoms. The highest BCUT2D eigenvalue weighted by Gasteiger charge is 1.92. The van der Waals surface area contributed by atoms with Crippen LogP contribution in [0.1, 0.15) is 51.4 Å². The van der Waals surface area contributed by atoms with Gasteiger partial charge in [-0.05, 0) is 38.5 Å². The standard InChI is InChI=1S/C12H23NO2/c13-12(15)10-8-6-4-2-1-3-5-7-9-11-14/h1-2,14H,3-11H2,(H2,13,15)/b2-1-. The van der Waals surface area contributed by atoms with Crippen molar-refractivity contribution >= 4 is 5.91 Å². The van der Waals surface area contributed by atoms with Gasteiger partial charge >= 0.3 is 0 Å². The number of carbonyl (C=O) groups is 1. The molecule has 1 amide bonds. The number of carbonyl (C=O) groups excluding carboxylic acids is 1. The highest BCUT2D eigenvalue weighted by Crippen LogP contribution is 2.03. The van der Waals surface area contributed by atoms with Gasteiger partial charge in [-0.3, -0.25) is 4.79 Å². The Morgan fingerprint density at radius 2 is 1.60 bits per heavy atom. The molecule has 0 aromatic carbocycles. The number of aliphatic hydroxyl groups excluding tert-OH is 1. The molecule has 88 valence electrons. The molecule has 0 rings (SSSR count). The van der Waals surface area contributed by atoms with Crippen LogP contribution < -0.4 is 5.73 Å². The summed E-state index contributed by atoms with van der Waals surface area (Å²) in [6.07, 6.45) is 12.1. The fraction of sp³-hybridized carbons (Fsp3) is 0.750. The quantitative estimate of drug-likeness (QED) is 0.431. The Morgan fingerprint density at radius 1 is 1.00 bits per heavy atom. The Kier molecular flexibility index (Phi) is 10.6. The van der Waals surface area contributed by atoms with Crippen LogP contribution in [0.3, 0.4) is 0 Å². The topological polar surface area (TPSA) is 63.3 Å². The maximum atomic E-state index is 10.4. The van der Waals surface area contributed by atoms with E-state index in [-0.39, 0.29) is 5.91 Å². The first-order chi connectivity index (χ1) is 7.27. The van der Waals surface area contributed by atoms with Gasteiger partial charge in [0.05, 0.1) is 0 Å². The van der Waals surface area contributed by atoms with Gasteiger partial charge in [0.15, 0.2) is 0 Å². The molecule has 0 saturated carbocycles. The summed E-state index contributed by atoms with van der Waals surface area (Å²) in [6.45, 7) is 0.302. The van der Waals surface area contributed by atoms with Crippen LogP contribution in [0.5, 0.6) is 0 Å². The molecule has 0 atom stereocenters. The third kappa shape index (κ3) is 13.2. The minimum atomic E-state index is -0.206. The molecule has 0 radical (unpaired) electrons. The molecule has 0 unspecified atom stereocenters. The van der Waals surface area contributed by atoms with Crippen LogP contribution in [0.4, 0.5) is 0 Å². The zero-order valence-corrected chi connectivity index (χ0v) is 9.45. The maximum absolute atomic E-state index is 10.4. The van der Waals surface area contributed by atoms with Gasteiger partial charge in [0, 0.05) is 13.0 Å². The summed E-state index contributed by atoms with van der Waals surface area (Å²) >= 11 is 0. The van der Waals surface area contributed by atoms with Crippen molar-refractivity contribution in [1.82, 2.24) is 0 Å². The molecule has 3 N–H and O–H groups in total. The molecule has 3 heteroatoms. The Balaban J connectivity index is 3.07. The van der Waals surface area contributed by atoms with Crippen LogP contribution in [-0.2, 0) is 4.79 Å². The summed E-state index contributed by atoms with van der Waals surface area (Å²) < 4.78 is 0. The Hall–Kier alpha value is -0.830. The monoisotopic (exact) mass is 213 g/mol. The highest BCUT2D eigenvalue weighted by atomic mass is 16.2. The van der Waals surface area contributed by atoms with Crippen LogP contribution in [-0.4, -0.2) is 17.6 Å². The second-order valence-electron chi connectivity index (χ2n) is 3.76. The van der Waals surface area contributed by atoms with Crippen LogP contribution in [0.2, 0.25) is 0 Å². The lowest BCUT2D eigenvalue weighted by molar-refractivity contribution is -0.118. The summed E-state index contributed by atoms with van der Waals surface area (Å²) in [4.78, 5) is 10.4. The van der Waals surface area contributed by atoms with Gasteiger partial charge in [-0.2, -0.15) is 0 Å². The molecule has 15 heavy (non-hydrogen) atoms. The van der Waals surface area contributed by atoms with Crippen LogP contribution >= 0.6 is 0 Å². The number of primary amides is 1. The molecule has 0 heterocycles. The lowest BCUT2D eigenvalue weighted by atomic mass is 10.1. The number of aliphatic hydroxyl groups is 1. The zero-order valence-electron chi connectivity index (χ0n) is 9.45. The molecule has 0 aliphatic heterocycles. The molecule has 3 nitrogen and oxygen atoms in total. The molecule has 0 fully saturated rings. The number of rotatable bonds is 10. The van der Waals surface area contributed by atoms with E-state index < -0.39 is 0 Å². The molecule has 0 aliphatic carbocycles. The number of allylic oxidation sites excluding steroid dienone is 2. The van der Waals surface area contributed by atoms with Crippen LogP contribution in [0.25, 0.3) is 0 Å². The van der Waals surface area contributed by atoms with Gasteiger partial charge < -0.3 is 10.8 Å². The third-order valence-electron chi connectivity index (χ3n) is 2.24. The highest BCUT2D eigenvalue weighted by molar-refractivity contribution is 5.73. The Morgan fingerprint density at radius 3 is 2.13 bits per heavy atom. The average molecular weight is 213 g/mol. The second-order valence-corrected chi connectivity index (χ2v) is 3.76. The molecular formula is C12H23NO2. The molecule has 0 aliphatic rings. The fourth-order valence-electron chi connectivity index (χ4n) is 1.35. The summed E-state index contributed by atoms with van der Waals surface area (Å²) in [5.41, 5.74) is 5.02. The van der Waals surface area contributed by atoms with Crippen molar-refractivity contribution in [1.29, 1.82) is 0 Å². The molecule has 0 aromatic rings. The number of unbranched alkanes of at least 4 members (excludes halogenated alkanes) is 5. The van der Waals surface area contributed by atoms with E-state index in [1.54, 1.807) is 0 Å². The van der Waals surface area contributed by atoms with Crippen LogP contribution in [0, 0.1) is 0 Å². The predicted molar refractivity (Wildman–Crippen MR) is 62.4 cm³/mol. The van der Waals surface area contributed by atoms with E-state index >= 15 is 0 Å². The number of nitrogens with two attached hydrogens (primary N) is 1. The lowest BCUT2D eigenvalue weighted by Gasteiger charge is -1.95. The number of amides is 1. The fourth-order valence-corrected chi connectivity index (χ4v) is 1.35. The summed E-state index contributed by atoms with van der Waals surface area (Å²) in [6, 6.07) is 0. The predicted octanol–water partition coefficient (Wildman–Crippen LogP) is 2.14. The van der Waals surface area contributed by atoms with Gasteiger partial charge in [0.1, 0.15) is 0 Å². The van der Waals surface area contributed by atoms with E-state index in [0.29, 0.717) is 13.0 Å². The first-order valence-corrected chi connectivity index (χ1v) is 5.81. The Labute approximate surface area is 92.4 Å². The number of hydrogen-bond acceptors (Lipinski definition) is 2. The number of hydrogen-bond donors (Lipinski definition) is 2. The van der Waals surface area contributed by atoms with Gasteiger partial charge in [-0.1, -0.05) is 18.6 Å². The van der Waals surface area contributed by atoms with E-state index in [1.807, 2.05) is 0 Å². The summed E-state index contributed by atoms with van der Waals surface area (Å²) in [5, 5.41) is 8.56. The third-order valence-corrected chi connectivity index (χ3v) is 2.24. The molecular weight excluding hydrogens is 190 g/mol. The smallest absolute Gasteiger partial charge is 0.217 e. The Bertz CT molecular complexity index is 178. The van der Waals surface area contributed by atoms with Gasteiger partial charge in [0.25, 0.3) is 0 Å². The SMILES string of the molecule is NC(=O)CCCC/C=C\CCCCCO. The van der Waals surface area contributed by atoms with Crippen molar-refractivity contribution in [3.05, 3.63) is 12.2 Å². The largest absolute Gasteiger partial charge is 0.396 e. The lowest BCUT2D eigenvalue weighted by Crippen LogP contribution is -2.09. The molecule has 0 spiro atoms. The summed E-state index contributed by atoms with van der Waals surface area (Å²) in [5.74, 6) is -0.206. The first kappa shape index (κ1) is 14.2. The maximum Gasteiger partial charge on any atom is 0.217 e.